The van der Waals surface area contributed by atoms with Crippen molar-refractivity contribution in [3.05, 3.63) is 51.7 Å². The zero-order valence-electron chi connectivity index (χ0n) is 18.5. The van der Waals surface area contributed by atoms with Crippen LogP contribution in [-0.2, 0) is 4.79 Å². The third-order valence-electron chi connectivity index (χ3n) is 5.36. The van der Waals surface area contributed by atoms with Gasteiger partial charge in [-0.3, -0.25) is 9.59 Å². The first-order chi connectivity index (χ1) is 14.9. The number of hydrogen-bond donors (Lipinski definition) is 2. The maximum atomic E-state index is 11.6. The molecule has 0 radical (unpaired) electrons. The van der Waals surface area contributed by atoms with Crippen LogP contribution in [0.2, 0.25) is 0 Å². The molecule has 31 heavy (non-hydrogen) atoms. The summed E-state index contributed by atoms with van der Waals surface area (Å²) in [7, 11) is 1.57. The Balaban J connectivity index is 0.000000220. The lowest BCUT2D eigenvalue weighted by molar-refractivity contribution is -0.118. The highest BCUT2D eigenvalue weighted by atomic mass is 32.1. The fourth-order valence-electron chi connectivity index (χ4n) is 3.51. The third kappa shape index (κ3) is 8.81. The van der Waals surface area contributed by atoms with E-state index in [1.165, 1.54) is 31.5 Å². The molecule has 0 spiro atoms. The van der Waals surface area contributed by atoms with Crippen molar-refractivity contribution < 1.29 is 19.4 Å². The first-order valence-corrected chi connectivity index (χ1v) is 11.7. The molecule has 1 atom stereocenters. The number of rotatable bonds is 10. The van der Waals surface area contributed by atoms with Crippen molar-refractivity contribution in [2.45, 2.75) is 51.6 Å². The Labute approximate surface area is 189 Å². The summed E-state index contributed by atoms with van der Waals surface area (Å²) in [4.78, 5) is 25.7. The van der Waals surface area contributed by atoms with Crippen LogP contribution in [0.1, 0.15) is 65.4 Å². The minimum Gasteiger partial charge on any atom is -0.497 e. The Kier molecular flexibility index (Phi) is 10.7. The summed E-state index contributed by atoms with van der Waals surface area (Å²) in [5.41, 5.74) is 6.85. The number of benzene rings is 1. The van der Waals surface area contributed by atoms with Gasteiger partial charge in [-0.25, -0.2) is 0 Å². The van der Waals surface area contributed by atoms with Gasteiger partial charge in [-0.2, -0.15) is 0 Å². The number of primary amides is 1. The predicted octanol–water partition coefficient (Wildman–Crippen LogP) is 4.11. The molecule has 1 aliphatic rings. The van der Waals surface area contributed by atoms with Gasteiger partial charge in [-0.1, -0.05) is 0 Å². The van der Waals surface area contributed by atoms with Crippen LogP contribution < -0.4 is 10.5 Å². The van der Waals surface area contributed by atoms with Crippen molar-refractivity contribution in [1.29, 1.82) is 0 Å². The number of methoxy groups -OCH3 is 1. The number of amides is 1. The first-order valence-electron chi connectivity index (χ1n) is 10.8. The van der Waals surface area contributed by atoms with E-state index in [0.29, 0.717) is 24.2 Å². The Bertz CT molecular complexity index is 813. The summed E-state index contributed by atoms with van der Waals surface area (Å²) in [6.45, 7) is 5.55. The van der Waals surface area contributed by atoms with E-state index >= 15 is 0 Å². The summed E-state index contributed by atoms with van der Waals surface area (Å²) in [6.07, 6.45) is 4.37. The number of carbonyl (C=O) groups is 2. The van der Waals surface area contributed by atoms with E-state index < -0.39 is 0 Å². The lowest BCUT2D eigenvalue weighted by Gasteiger charge is -2.17. The molecule has 1 aromatic carbocycles. The number of hydrogen-bond acceptors (Lipinski definition) is 6. The van der Waals surface area contributed by atoms with E-state index in [0.717, 1.165) is 17.8 Å². The van der Waals surface area contributed by atoms with Crippen molar-refractivity contribution in [3.63, 3.8) is 0 Å². The average Bonchev–Trinajstić information content (AvgIpc) is 3.44. The SMILES string of the molecule is COc1ccc(C(=O)CCCC(N)=O)cc1.Cc1ccsc1[C@@H](O)CCN1CCCC1. The fourth-order valence-corrected chi connectivity index (χ4v) is 4.46. The Morgan fingerprint density at radius 2 is 1.84 bits per heavy atom. The molecule has 1 aromatic heterocycles. The van der Waals surface area contributed by atoms with Crippen LogP contribution in [0.3, 0.4) is 0 Å². The number of aliphatic hydroxyl groups excluding tert-OH is 1. The molecule has 3 rings (SSSR count). The highest BCUT2D eigenvalue weighted by molar-refractivity contribution is 7.10. The van der Waals surface area contributed by atoms with Gasteiger partial charge in [-0.05, 0) is 87.0 Å². The third-order valence-corrected chi connectivity index (χ3v) is 6.48. The number of likely N-dealkylation sites (tertiary alicyclic amines) is 1. The summed E-state index contributed by atoms with van der Waals surface area (Å²) in [5.74, 6) is 0.361. The highest BCUT2D eigenvalue weighted by Crippen LogP contribution is 2.26. The molecule has 0 bridgehead atoms. The molecule has 1 aliphatic heterocycles. The van der Waals surface area contributed by atoms with Gasteiger partial charge in [0.25, 0.3) is 0 Å². The lowest BCUT2D eigenvalue weighted by Crippen LogP contribution is -2.22. The molecule has 7 heteroatoms. The molecule has 2 heterocycles. The largest absolute Gasteiger partial charge is 0.497 e. The number of nitrogens with two attached hydrogens (primary N) is 1. The topological polar surface area (TPSA) is 92.9 Å². The highest BCUT2D eigenvalue weighted by Gasteiger charge is 2.16. The lowest BCUT2D eigenvalue weighted by atomic mass is 10.1. The predicted molar refractivity (Wildman–Crippen MR) is 125 cm³/mol. The maximum Gasteiger partial charge on any atom is 0.217 e. The molecule has 1 fully saturated rings. The quantitative estimate of drug-likeness (QED) is 0.536. The van der Waals surface area contributed by atoms with Crippen LogP contribution in [0.4, 0.5) is 0 Å². The van der Waals surface area contributed by atoms with Crippen molar-refractivity contribution in [1.82, 2.24) is 4.90 Å². The molecule has 1 amide bonds. The summed E-state index contributed by atoms with van der Waals surface area (Å²) in [6, 6.07) is 8.98. The zero-order valence-corrected chi connectivity index (χ0v) is 19.3. The number of Topliss-reactive ketones (excluding diaryl/α,β-unsaturated/α-hetero) is 1. The Hall–Kier alpha value is -2.22. The smallest absolute Gasteiger partial charge is 0.217 e. The average molecular weight is 447 g/mol. The van der Waals surface area contributed by atoms with Gasteiger partial charge in [0.2, 0.25) is 5.91 Å². The van der Waals surface area contributed by atoms with Crippen LogP contribution in [0, 0.1) is 6.92 Å². The molecule has 0 unspecified atom stereocenters. The molecule has 2 aromatic rings. The number of aryl methyl sites for hydroxylation is 1. The second kappa shape index (κ2) is 13.2. The molecule has 0 aliphatic carbocycles. The van der Waals surface area contributed by atoms with Crippen LogP contribution >= 0.6 is 11.3 Å². The maximum absolute atomic E-state index is 11.6. The Morgan fingerprint density at radius 3 is 2.39 bits per heavy atom. The molecule has 170 valence electrons. The normalized spacial score (nSPS) is 14.5. The van der Waals surface area contributed by atoms with E-state index in [1.54, 1.807) is 42.7 Å². The Morgan fingerprint density at radius 1 is 1.16 bits per heavy atom. The van der Waals surface area contributed by atoms with E-state index in [-0.39, 0.29) is 24.2 Å². The van der Waals surface area contributed by atoms with Crippen LogP contribution in [0.25, 0.3) is 0 Å². The summed E-state index contributed by atoms with van der Waals surface area (Å²) in [5, 5.41) is 12.1. The molecular formula is C24H34N2O4S. The number of thiophene rings is 1. The van der Waals surface area contributed by atoms with Crippen molar-refractivity contribution >= 4 is 23.0 Å². The fraction of sp³-hybridized carbons (Fsp3) is 0.500. The number of ketones is 1. The number of nitrogens with zero attached hydrogens (tertiary/aromatic N) is 1. The van der Waals surface area contributed by atoms with E-state index in [2.05, 4.69) is 23.3 Å². The van der Waals surface area contributed by atoms with E-state index in [1.807, 2.05) is 0 Å². The number of aliphatic hydroxyl groups is 1. The monoisotopic (exact) mass is 446 g/mol. The summed E-state index contributed by atoms with van der Waals surface area (Å²) >= 11 is 1.67. The number of ether oxygens (including phenoxy) is 1. The van der Waals surface area contributed by atoms with Gasteiger partial charge in [0.1, 0.15) is 5.75 Å². The van der Waals surface area contributed by atoms with Gasteiger partial charge in [-0.15, -0.1) is 11.3 Å². The first kappa shape index (κ1) is 25.0. The van der Waals surface area contributed by atoms with Crippen LogP contribution in [0.15, 0.2) is 35.7 Å². The van der Waals surface area contributed by atoms with Crippen molar-refractivity contribution in [2.75, 3.05) is 26.7 Å². The van der Waals surface area contributed by atoms with Gasteiger partial charge in [0.15, 0.2) is 5.78 Å². The number of carbonyl (C=O) groups excluding carboxylic acids is 2. The van der Waals surface area contributed by atoms with Crippen molar-refractivity contribution in [3.8, 4) is 5.75 Å². The molecule has 1 saturated heterocycles. The molecule has 6 nitrogen and oxygen atoms in total. The minimum absolute atomic E-state index is 0.0175. The molecular weight excluding hydrogens is 412 g/mol. The summed E-state index contributed by atoms with van der Waals surface area (Å²) < 4.78 is 4.99. The minimum atomic E-state index is -0.373. The van der Waals surface area contributed by atoms with Gasteiger partial charge >= 0.3 is 0 Å². The molecule has 0 saturated carbocycles. The second-order valence-corrected chi connectivity index (χ2v) is 8.74. The van der Waals surface area contributed by atoms with E-state index in [4.69, 9.17) is 10.5 Å². The second-order valence-electron chi connectivity index (χ2n) is 7.79. The van der Waals surface area contributed by atoms with Crippen molar-refractivity contribution in [2.24, 2.45) is 5.73 Å². The molecule has 3 N–H and O–H groups in total. The van der Waals surface area contributed by atoms with Crippen LogP contribution in [0.5, 0.6) is 5.75 Å². The van der Waals surface area contributed by atoms with Gasteiger partial charge in [0, 0.05) is 29.8 Å². The van der Waals surface area contributed by atoms with Gasteiger partial charge < -0.3 is 20.5 Å². The van der Waals surface area contributed by atoms with Crippen LogP contribution in [-0.4, -0.2) is 48.4 Å². The van der Waals surface area contributed by atoms with E-state index in [9.17, 15) is 14.7 Å². The standard InChI is InChI=1S/C12H15NO3.C12H19NOS/c1-16-10-7-5-9(6-8-10)11(14)3-2-4-12(13)15;1-10-5-9-15-12(10)11(14)4-8-13-6-2-3-7-13/h5-8H,2-4H2,1H3,(H2,13,15);5,9,11,14H,2-4,6-8H2,1H3/t;11-/m.0/s1. The zero-order chi connectivity index (χ0) is 22.6. The van der Waals surface area contributed by atoms with Gasteiger partial charge in [0.05, 0.1) is 13.2 Å².